The van der Waals surface area contributed by atoms with Gasteiger partial charge in [-0.1, -0.05) is 5.16 Å². The lowest BCUT2D eigenvalue weighted by Crippen LogP contribution is -2.52. The molecule has 1 unspecified atom stereocenters. The van der Waals surface area contributed by atoms with Crippen molar-refractivity contribution < 1.29 is 12.9 Å². The largest absolute Gasteiger partial charge is 0.364 e. The van der Waals surface area contributed by atoms with E-state index in [1.165, 1.54) is 12.8 Å². The van der Waals surface area contributed by atoms with E-state index in [2.05, 4.69) is 20.3 Å². The van der Waals surface area contributed by atoms with E-state index in [1.807, 2.05) is 6.07 Å². The smallest absolute Gasteiger partial charge is 0.194 e. The van der Waals surface area contributed by atoms with Gasteiger partial charge in [0, 0.05) is 51.4 Å². The van der Waals surface area contributed by atoms with E-state index in [0.29, 0.717) is 24.1 Å². The molecule has 0 bridgehead atoms. The maximum atomic E-state index is 11.6. The highest BCUT2D eigenvalue weighted by molar-refractivity contribution is 7.91. The number of nitrogens with one attached hydrogen (secondary N) is 1. The third kappa shape index (κ3) is 4.76. The minimum absolute atomic E-state index is 0.171. The molecular weight excluding hydrogens is 354 g/mol. The molecule has 1 N–H and O–H groups in total. The highest BCUT2D eigenvalue weighted by Crippen LogP contribution is 2.21. The van der Waals surface area contributed by atoms with Crippen LogP contribution in [0.4, 0.5) is 0 Å². The second-order valence-corrected chi connectivity index (χ2v) is 9.83. The van der Waals surface area contributed by atoms with Crippen LogP contribution in [-0.2, 0) is 16.4 Å². The monoisotopic (exact) mass is 381 g/mol. The first kappa shape index (κ1) is 17.8. The first-order valence-corrected chi connectivity index (χ1v) is 11.3. The van der Waals surface area contributed by atoms with Gasteiger partial charge in [0.15, 0.2) is 15.8 Å². The van der Waals surface area contributed by atoms with Crippen molar-refractivity contribution in [2.45, 2.75) is 31.8 Å². The molecule has 4 rings (SSSR count). The molecule has 0 aromatic carbocycles. The number of aromatic nitrogens is 1. The molecule has 1 aromatic rings. The number of hydrogen-bond donors (Lipinski definition) is 1. The van der Waals surface area contributed by atoms with Gasteiger partial charge >= 0.3 is 0 Å². The number of rotatable bonds is 5. The summed E-state index contributed by atoms with van der Waals surface area (Å²) in [6.07, 6.45) is 4.75. The lowest BCUT2D eigenvalue weighted by molar-refractivity contribution is 0.168. The number of aliphatic imine (C=N–C) groups is 1. The summed E-state index contributed by atoms with van der Waals surface area (Å²) >= 11 is 0. The van der Waals surface area contributed by atoms with E-state index in [1.54, 1.807) is 6.26 Å². The van der Waals surface area contributed by atoms with Gasteiger partial charge in [-0.05, 0) is 25.2 Å². The maximum Gasteiger partial charge on any atom is 0.194 e. The Hall–Kier alpha value is -1.61. The van der Waals surface area contributed by atoms with Crippen LogP contribution in [0.15, 0.2) is 21.8 Å². The fraction of sp³-hybridized carbons (Fsp3) is 0.765. The van der Waals surface area contributed by atoms with Crippen LogP contribution in [0, 0.1) is 5.92 Å². The van der Waals surface area contributed by atoms with E-state index in [-0.39, 0.29) is 5.92 Å². The van der Waals surface area contributed by atoms with Crippen LogP contribution in [0.2, 0.25) is 0 Å². The molecule has 2 aliphatic heterocycles. The molecule has 1 saturated carbocycles. The van der Waals surface area contributed by atoms with Crippen molar-refractivity contribution >= 4 is 15.8 Å². The van der Waals surface area contributed by atoms with Crippen LogP contribution >= 0.6 is 0 Å². The quantitative estimate of drug-likeness (QED) is 0.581. The van der Waals surface area contributed by atoms with E-state index in [9.17, 15) is 8.42 Å². The van der Waals surface area contributed by atoms with Gasteiger partial charge in [-0.3, -0.25) is 9.89 Å². The molecule has 0 amide bonds. The summed E-state index contributed by atoms with van der Waals surface area (Å²) in [6.45, 7) is 5.16. The molecule has 3 heterocycles. The molecule has 1 aliphatic carbocycles. The second kappa shape index (κ2) is 7.56. The van der Waals surface area contributed by atoms with Gasteiger partial charge in [0.2, 0.25) is 0 Å². The average molecular weight is 382 g/mol. The zero-order valence-corrected chi connectivity index (χ0v) is 15.8. The van der Waals surface area contributed by atoms with E-state index in [0.717, 1.165) is 50.8 Å². The zero-order chi connectivity index (χ0) is 18.0. The van der Waals surface area contributed by atoms with Gasteiger partial charge in [-0.15, -0.1) is 0 Å². The lowest BCUT2D eigenvalue weighted by Gasteiger charge is -2.36. The minimum atomic E-state index is -2.83. The number of sulfone groups is 1. The highest BCUT2D eigenvalue weighted by Gasteiger charge is 2.30. The van der Waals surface area contributed by atoms with Crippen molar-refractivity contribution in [3.63, 3.8) is 0 Å². The molecule has 0 radical (unpaired) electrons. The summed E-state index contributed by atoms with van der Waals surface area (Å²) in [4.78, 5) is 9.47. The lowest BCUT2D eigenvalue weighted by atomic mass is 10.1. The minimum Gasteiger partial charge on any atom is -0.364 e. The van der Waals surface area contributed by atoms with Gasteiger partial charge in [-0.25, -0.2) is 8.42 Å². The Morgan fingerprint density at radius 1 is 1.27 bits per heavy atom. The fourth-order valence-electron chi connectivity index (χ4n) is 3.54. The normalized spacial score (nSPS) is 27.0. The number of hydrogen-bond acceptors (Lipinski definition) is 6. The fourth-order valence-corrected chi connectivity index (χ4v) is 5.39. The summed E-state index contributed by atoms with van der Waals surface area (Å²) in [5.74, 6) is 1.74. The van der Waals surface area contributed by atoms with Crippen LogP contribution in [-0.4, -0.2) is 79.6 Å². The van der Waals surface area contributed by atoms with Gasteiger partial charge in [0.25, 0.3) is 0 Å². The zero-order valence-electron chi connectivity index (χ0n) is 15.0. The predicted molar refractivity (Wildman–Crippen MR) is 98.6 cm³/mol. The van der Waals surface area contributed by atoms with Gasteiger partial charge in [0.1, 0.15) is 6.26 Å². The topological polar surface area (TPSA) is 91.0 Å². The highest BCUT2D eigenvalue weighted by atomic mass is 32.2. The average Bonchev–Trinajstić information content (AvgIpc) is 3.16. The van der Waals surface area contributed by atoms with Gasteiger partial charge in [0.05, 0.1) is 17.2 Å². The van der Waals surface area contributed by atoms with Crippen molar-refractivity contribution in [3.8, 4) is 0 Å². The molecule has 3 fully saturated rings. The summed E-state index contributed by atoms with van der Waals surface area (Å²) in [5, 5.41) is 7.53. The Kier molecular flexibility index (Phi) is 5.17. The summed E-state index contributed by atoms with van der Waals surface area (Å²) in [5.41, 5.74) is 0.964. The number of guanidine groups is 1. The third-order valence-corrected chi connectivity index (χ3v) is 7.12. The number of piperazine rings is 1. The summed E-state index contributed by atoms with van der Waals surface area (Å²) in [6, 6.07) is 2.44. The van der Waals surface area contributed by atoms with Gasteiger partial charge < -0.3 is 14.7 Å². The maximum absolute atomic E-state index is 11.6. The standard InChI is InChI=1S/C17H27N5O3S/c23-26(24)10-4-14(13-26)11-18-17(19-15-1-2-15)22-7-5-21(6-8-22)12-16-3-9-25-20-16/h3,9,14-15H,1-2,4-8,10-13H2,(H,18,19). The molecule has 8 nitrogen and oxygen atoms in total. The number of nitrogens with zero attached hydrogens (tertiary/aromatic N) is 4. The van der Waals surface area contributed by atoms with Crippen LogP contribution < -0.4 is 5.32 Å². The molecule has 1 aromatic heterocycles. The van der Waals surface area contributed by atoms with E-state index < -0.39 is 9.84 Å². The molecule has 26 heavy (non-hydrogen) atoms. The second-order valence-electron chi connectivity index (χ2n) is 7.61. The molecule has 9 heteroatoms. The van der Waals surface area contributed by atoms with Crippen molar-refractivity contribution in [1.29, 1.82) is 0 Å². The molecule has 2 saturated heterocycles. The Bertz CT molecular complexity index is 722. The van der Waals surface area contributed by atoms with Crippen molar-refractivity contribution in [3.05, 3.63) is 18.0 Å². The third-order valence-electron chi connectivity index (χ3n) is 5.29. The van der Waals surface area contributed by atoms with Crippen molar-refractivity contribution in [2.24, 2.45) is 10.9 Å². The SMILES string of the molecule is O=S1(=O)CCC(CN=C(NC2CC2)N2CCN(Cc3ccon3)CC2)C1. The first-order chi connectivity index (χ1) is 12.6. The summed E-state index contributed by atoms with van der Waals surface area (Å²) in [7, 11) is -2.83. The van der Waals surface area contributed by atoms with Crippen LogP contribution in [0.1, 0.15) is 25.0 Å². The molecular formula is C17H27N5O3S. The first-order valence-electron chi connectivity index (χ1n) is 9.45. The van der Waals surface area contributed by atoms with Crippen molar-refractivity contribution in [2.75, 3.05) is 44.2 Å². The molecule has 0 spiro atoms. The van der Waals surface area contributed by atoms with Crippen LogP contribution in [0.5, 0.6) is 0 Å². The molecule has 3 aliphatic rings. The Morgan fingerprint density at radius 2 is 2.08 bits per heavy atom. The van der Waals surface area contributed by atoms with Gasteiger partial charge in [-0.2, -0.15) is 0 Å². The van der Waals surface area contributed by atoms with Crippen LogP contribution in [0.3, 0.4) is 0 Å². The molecule has 144 valence electrons. The Labute approximate surface area is 154 Å². The van der Waals surface area contributed by atoms with Crippen LogP contribution in [0.25, 0.3) is 0 Å². The predicted octanol–water partition coefficient (Wildman–Crippen LogP) is 0.335. The molecule has 1 atom stereocenters. The van der Waals surface area contributed by atoms with E-state index in [4.69, 9.17) is 9.52 Å². The Balaban J connectivity index is 1.32. The van der Waals surface area contributed by atoms with E-state index >= 15 is 0 Å². The van der Waals surface area contributed by atoms with Crippen molar-refractivity contribution in [1.82, 2.24) is 20.3 Å². The Morgan fingerprint density at radius 3 is 2.69 bits per heavy atom. The summed E-state index contributed by atoms with van der Waals surface area (Å²) < 4.78 is 28.2.